The number of aliphatic carboxylic acids is 1. The first-order valence-electron chi connectivity index (χ1n) is 5.91. The van der Waals surface area contributed by atoms with Crippen LogP contribution in [0.25, 0.3) is 0 Å². The number of carbonyl (C=O) groups is 1. The van der Waals surface area contributed by atoms with Crippen LogP contribution in [0.3, 0.4) is 0 Å². The fraction of sp³-hybridized carbons (Fsp3) is 0.917. The van der Waals surface area contributed by atoms with Crippen LogP contribution < -0.4 is 0 Å². The van der Waals surface area contributed by atoms with Gasteiger partial charge in [-0.1, -0.05) is 19.3 Å². The average Bonchev–Trinajstić information content (AvgIpc) is 2.26. The molecular formula is C12H24O5. The van der Waals surface area contributed by atoms with E-state index in [4.69, 9.17) is 19.4 Å². The predicted molar refractivity (Wildman–Crippen MR) is 63.8 cm³/mol. The minimum Gasteiger partial charge on any atom is -0.481 e. The van der Waals surface area contributed by atoms with Crippen LogP contribution >= 0.6 is 0 Å². The number of carboxylic acids is 1. The van der Waals surface area contributed by atoms with Crippen molar-refractivity contribution >= 4 is 5.97 Å². The minimum atomic E-state index is -0.833. The Kier molecular flexibility index (Phi) is 8.12. The fourth-order valence-corrected chi connectivity index (χ4v) is 1.99. The monoisotopic (exact) mass is 248 g/mol. The SMILES string of the molecule is CC(=O)O.COC(CC1(O)CCCCC1)OC. The van der Waals surface area contributed by atoms with Crippen molar-refractivity contribution < 1.29 is 24.5 Å². The zero-order valence-electron chi connectivity index (χ0n) is 10.9. The van der Waals surface area contributed by atoms with Gasteiger partial charge in [0.15, 0.2) is 6.29 Å². The quantitative estimate of drug-likeness (QED) is 0.742. The molecule has 0 amide bonds. The van der Waals surface area contributed by atoms with Gasteiger partial charge in [-0.15, -0.1) is 0 Å². The number of ether oxygens (including phenoxy) is 2. The van der Waals surface area contributed by atoms with Crippen LogP contribution in [-0.4, -0.2) is 42.3 Å². The van der Waals surface area contributed by atoms with E-state index in [-0.39, 0.29) is 6.29 Å². The molecule has 5 heteroatoms. The van der Waals surface area contributed by atoms with Crippen LogP contribution in [0, 0.1) is 0 Å². The van der Waals surface area contributed by atoms with Crippen LogP contribution in [0.4, 0.5) is 0 Å². The van der Waals surface area contributed by atoms with E-state index in [1.807, 2.05) is 0 Å². The number of hydrogen-bond acceptors (Lipinski definition) is 4. The Morgan fingerprint density at radius 2 is 1.65 bits per heavy atom. The Labute approximate surface area is 103 Å². The molecule has 2 N–H and O–H groups in total. The molecule has 0 unspecified atom stereocenters. The summed E-state index contributed by atoms with van der Waals surface area (Å²) in [6, 6.07) is 0. The number of aliphatic hydroxyl groups is 1. The van der Waals surface area contributed by atoms with Crippen LogP contribution in [-0.2, 0) is 14.3 Å². The highest BCUT2D eigenvalue weighted by Crippen LogP contribution is 2.32. The molecular weight excluding hydrogens is 224 g/mol. The molecule has 1 fully saturated rings. The molecule has 1 aliphatic rings. The summed E-state index contributed by atoms with van der Waals surface area (Å²) in [5.74, 6) is -0.833. The molecule has 0 radical (unpaired) electrons. The number of carboxylic acid groups (broad SMARTS) is 1. The molecule has 0 atom stereocenters. The molecule has 0 aliphatic heterocycles. The Morgan fingerprint density at radius 3 is 2.00 bits per heavy atom. The number of rotatable bonds is 4. The molecule has 1 saturated carbocycles. The van der Waals surface area contributed by atoms with Gasteiger partial charge in [0.25, 0.3) is 5.97 Å². The number of hydrogen-bond donors (Lipinski definition) is 2. The molecule has 1 aliphatic carbocycles. The van der Waals surface area contributed by atoms with Gasteiger partial charge in [-0.25, -0.2) is 0 Å². The summed E-state index contributed by atoms with van der Waals surface area (Å²) < 4.78 is 10.2. The topological polar surface area (TPSA) is 76.0 Å². The molecule has 0 aromatic heterocycles. The molecule has 0 heterocycles. The minimum absolute atomic E-state index is 0.261. The summed E-state index contributed by atoms with van der Waals surface area (Å²) in [4.78, 5) is 9.00. The average molecular weight is 248 g/mol. The van der Waals surface area contributed by atoms with Crippen molar-refractivity contribution in [1.29, 1.82) is 0 Å². The first-order valence-corrected chi connectivity index (χ1v) is 5.91. The summed E-state index contributed by atoms with van der Waals surface area (Å²) >= 11 is 0. The molecule has 0 aromatic rings. The van der Waals surface area contributed by atoms with Crippen LogP contribution in [0.1, 0.15) is 45.4 Å². The molecule has 17 heavy (non-hydrogen) atoms. The summed E-state index contributed by atoms with van der Waals surface area (Å²) in [6.45, 7) is 1.08. The van der Waals surface area contributed by atoms with E-state index in [0.29, 0.717) is 6.42 Å². The zero-order valence-corrected chi connectivity index (χ0v) is 10.9. The normalized spacial score (nSPS) is 18.4. The third-order valence-electron chi connectivity index (χ3n) is 2.86. The molecule has 0 bridgehead atoms. The summed E-state index contributed by atoms with van der Waals surface area (Å²) in [6.07, 6.45) is 5.59. The van der Waals surface area contributed by atoms with E-state index in [2.05, 4.69) is 0 Å². The van der Waals surface area contributed by atoms with Crippen molar-refractivity contribution in [3.8, 4) is 0 Å². The lowest BCUT2D eigenvalue weighted by molar-refractivity contribution is -0.150. The Balaban J connectivity index is 0.000000557. The van der Waals surface area contributed by atoms with Gasteiger partial charge in [0, 0.05) is 27.6 Å². The van der Waals surface area contributed by atoms with E-state index in [0.717, 1.165) is 32.6 Å². The second kappa shape index (κ2) is 8.44. The summed E-state index contributed by atoms with van der Waals surface area (Å²) in [5, 5.41) is 17.6. The largest absolute Gasteiger partial charge is 0.481 e. The van der Waals surface area contributed by atoms with Crippen molar-refractivity contribution in [2.45, 2.75) is 57.3 Å². The van der Waals surface area contributed by atoms with E-state index >= 15 is 0 Å². The van der Waals surface area contributed by atoms with Crippen molar-refractivity contribution in [3.05, 3.63) is 0 Å². The van der Waals surface area contributed by atoms with Crippen molar-refractivity contribution in [2.75, 3.05) is 14.2 Å². The molecule has 0 saturated heterocycles. The summed E-state index contributed by atoms with van der Waals surface area (Å²) in [5.41, 5.74) is -0.547. The molecule has 102 valence electrons. The van der Waals surface area contributed by atoms with Gasteiger partial charge in [-0.2, -0.15) is 0 Å². The van der Waals surface area contributed by atoms with Gasteiger partial charge in [0.2, 0.25) is 0 Å². The molecule has 1 rings (SSSR count). The van der Waals surface area contributed by atoms with E-state index < -0.39 is 11.6 Å². The maximum absolute atomic E-state index is 10.1. The van der Waals surface area contributed by atoms with Gasteiger partial charge in [0.1, 0.15) is 0 Å². The highest BCUT2D eigenvalue weighted by Gasteiger charge is 2.32. The molecule has 5 nitrogen and oxygen atoms in total. The number of methoxy groups -OCH3 is 2. The smallest absolute Gasteiger partial charge is 0.300 e. The van der Waals surface area contributed by atoms with E-state index in [1.54, 1.807) is 14.2 Å². The van der Waals surface area contributed by atoms with Gasteiger partial charge in [-0.05, 0) is 12.8 Å². The lowest BCUT2D eigenvalue weighted by Gasteiger charge is -2.34. The van der Waals surface area contributed by atoms with E-state index in [1.165, 1.54) is 6.42 Å². The maximum Gasteiger partial charge on any atom is 0.300 e. The van der Waals surface area contributed by atoms with Crippen LogP contribution in [0.2, 0.25) is 0 Å². The first kappa shape index (κ1) is 16.4. The van der Waals surface area contributed by atoms with Gasteiger partial charge >= 0.3 is 0 Å². The second-order valence-corrected chi connectivity index (χ2v) is 4.41. The van der Waals surface area contributed by atoms with Gasteiger partial charge < -0.3 is 19.7 Å². The Hall–Kier alpha value is -0.650. The third-order valence-corrected chi connectivity index (χ3v) is 2.86. The van der Waals surface area contributed by atoms with Crippen LogP contribution in [0.15, 0.2) is 0 Å². The van der Waals surface area contributed by atoms with Crippen LogP contribution in [0.5, 0.6) is 0 Å². The Bertz CT molecular complexity index is 203. The van der Waals surface area contributed by atoms with Crippen molar-refractivity contribution in [1.82, 2.24) is 0 Å². The fourth-order valence-electron chi connectivity index (χ4n) is 1.99. The first-order chi connectivity index (χ1) is 7.93. The highest BCUT2D eigenvalue weighted by atomic mass is 16.7. The lowest BCUT2D eigenvalue weighted by atomic mass is 9.82. The maximum atomic E-state index is 10.1. The van der Waals surface area contributed by atoms with Crippen molar-refractivity contribution in [3.63, 3.8) is 0 Å². The zero-order chi connectivity index (χ0) is 13.3. The molecule has 0 spiro atoms. The Morgan fingerprint density at radius 1 is 1.24 bits per heavy atom. The highest BCUT2D eigenvalue weighted by molar-refractivity contribution is 5.62. The van der Waals surface area contributed by atoms with E-state index in [9.17, 15) is 5.11 Å². The third kappa shape index (κ3) is 8.12. The summed E-state index contributed by atoms with van der Waals surface area (Å²) in [7, 11) is 3.22. The standard InChI is InChI=1S/C10H20O3.C2H4O2/c1-12-9(13-2)8-10(11)6-4-3-5-7-10;1-2(3)4/h9,11H,3-8H2,1-2H3;1H3,(H,3,4). The van der Waals surface area contributed by atoms with Gasteiger partial charge in [0.05, 0.1) is 5.60 Å². The molecule has 0 aromatic carbocycles. The lowest BCUT2D eigenvalue weighted by Crippen LogP contribution is -2.36. The van der Waals surface area contributed by atoms with Gasteiger partial charge in [-0.3, -0.25) is 4.79 Å². The van der Waals surface area contributed by atoms with Crippen molar-refractivity contribution in [2.24, 2.45) is 0 Å². The second-order valence-electron chi connectivity index (χ2n) is 4.41. The predicted octanol–water partition coefficient (Wildman–Crippen LogP) is 1.78.